The highest BCUT2D eigenvalue weighted by Gasteiger charge is 2.32. The maximum absolute atomic E-state index is 13.8. The Labute approximate surface area is 205 Å². The molecule has 2 aromatic carbocycles. The minimum Gasteiger partial charge on any atom is -0.352 e. The monoisotopic (exact) mass is 498 g/mol. The van der Waals surface area contributed by atoms with Gasteiger partial charge in [0.25, 0.3) is 0 Å². The van der Waals surface area contributed by atoms with Crippen LogP contribution in [0.1, 0.15) is 56.0 Å². The van der Waals surface area contributed by atoms with Crippen molar-refractivity contribution < 1.29 is 17.6 Å². The van der Waals surface area contributed by atoms with Gasteiger partial charge in [0, 0.05) is 37.2 Å². The van der Waals surface area contributed by atoms with Crippen molar-refractivity contribution in [2.45, 2.75) is 62.9 Å². The van der Waals surface area contributed by atoms with Crippen LogP contribution < -0.4 is 5.32 Å². The zero-order chi connectivity index (χ0) is 24.6. The SMILES string of the molecule is Cc1nc2cc(S(=O)(=O)N3CCC(C(=O)NCc4ccccc4F)CC3)ccc2n1C1CCCC1. The van der Waals surface area contributed by atoms with Crippen LogP contribution in [0.15, 0.2) is 47.4 Å². The Morgan fingerprint density at radius 3 is 2.51 bits per heavy atom. The van der Waals surface area contributed by atoms with E-state index in [9.17, 15) is 17.6 Å². The summed E-state index contributed by atoms with van der Waals surface area (Å²) in [6.45, 7) is 2.65. The van der Waals surface area contributed by atoms with Gasteiger partial charge in [0.1, 0.15) is 11.6 Å². The molecule has 2 fully saturated rings. The fourth-order valence-corrected chi connectivity index (χ4v) is 6.95. The number of piperidine rings is 1. The van der Waals surface area contributed by atoms with Crippen LogP contribution in [0.5, 0.6) is 0 Å². The predicted octanol–water partition coefficient (Wildman–Crippen LogP) is 4.32. The third-order valence-corrected chi connectivity index (χ3v) is 9.30. The first-order valence-corrected chi connectivity index (χ1v) is 13.8. The summed E-state index contributed by atoms with van der Waals surface area (Å²) in [5.41, 5.74) is 2.12. The molecule has 1 aliphatic heterocycles. The molecule has 0 bridgehead atoms. The largest absolute Gasteiger partial charge is 0.352 e. The molecule has 2 heterocycles. The number of rotatable bonds is 6. The highest BCUT2D eigenvalue weighted by Crippen LogP contribution is 2.34. The molecule has 1 saturated carbocycles. The van der Waals surface area contributed by atoms with E-state index in [-0.39, 0.29) is 42.2 Å². The predicted molar refractivity (Wildman–Crippen MR) is 132 cm³/mol. The second-order valence-corrected chi connectivity index (χ2v) is 11.5. The Balaban J connectivity index is 1.24. The molecule has 186 valence electrons. The van der Waals surface area contributed by atoms with Crippen LogP contribution in [-0.4, -0.2) is 41.3 Å². The summed E-state index contributed by atoms with van der Waals surface area (Å²) in [4.78, 5) is 17.5. The third kappa shape index (κ3) is 4.71. The third-order valence-electron chi connectivity index (χ3n) is 7.40. The number of carbonyl (C=O) groups is 1. The van der Waals surface area contributed by atoms with E-state index in [1.54, 1.807) is 30.3 Å². The number of aromatic nitrogens is 2. The number of benzene rings is 2. The first-order valence-electron chi connectivity index (χ1n) is 12.3. The van der Waals surface area contributed by atoms with E-state index >= 15 is 0 Å². The summed E-state index contributed by atoms with van der Waals surface area (Å²) in [6, 6.07) is 12.0. The van der Waals surface area contributed by atoms with Crippen molar-refractivity contribution in [3.05, 3.63) is 59.7 Å². The van der Waals surface area contributed by atoms with Gasteiger partial charge < -0.3 is 9.88 Å². The van der Waals surface area contributed by atoms with Crippen molar-refractivity contribution in [2.24, 2.45) is 5.92 Å². The van der Waals surface area contributed by atoms with E-state index in [0.717, 1.165) is 24.2 Å². The number of nitrogens with zero attached hydrogens (tertiary/aromatic N) is 3. The zero-order valence-electron chi connectivity index (χ0n) is 19.9. The minimum absolute atomic E-state index is 0.122. The second-order valence-electron chi connectivity index (χ2n) is 9.61. The standard InChI is InChI=1S/C26H31FN4O3S/c1-18-29-24-16-22(10-11-25(24)31(18)21-7-3-4-8-21)35(33,34)30-14-12-19(13-15-30)26(32)28-17-20-6-2-5-9-23(20)27/h2,5-6,9-11,16,19,21H,3-4,7-8,12-15,17H2,1H3,(H,28,32). The number of hydrogen-bond acceptors (Lipinski definition) is 4. The normalized spacial score (nSPS) is 18.3. The van der Waals surface area contributed by atoms with E-state index in [2.05, 4.69) is 14.9 Å². The topological polar surface area (TPSA) is 84.3 Å². The number of amides is 1. The first kappa shape index (κ1) is 23.9. The van der Waals surface area contributed by atoms with Gasteiger partial charge in [-0.1, -0.05) is 31.0 Å². The van der Waals surface area contributed by atoms with Gasteiger partial charge in [-0.25, -0.2) is 17.8 Å². The molecule has 35 heavy (non-hydrogen) atoms. The number of fused-ring (bicyclic) bond motifs is 1. The molecule has 5 rings (SSSR count). The molecule has 1 N–H and O–H groups in total. The summed E-state index contributed by atoms with van der Waals surface area (Å²) < 4.78 is 44.2. The van der Waals surface area contributed by atoms with E-state index in [1.807, 2.05) is 13.0 Å². The molecule has 0 unspecified atom stereocenters. The molecule has 1 saturated heterocycles. The number of halogens is 1. The van der Waals surface area contributed by atoms with Crippen LogP contribution in [0, 0.1) is 18.7 Å². The average Bonchev–Trinajstić information content (AvgIpc) is 3.49. The van der Waals surface area contributed by atoms with Crippen LogP contribution in [-0.2, 0) is 21.4 Å². The fourth-order valence-electron chi connectivity index (χ4n) is 5.46. The van der Waals surface area contributed by atoms with E-state index in [1.165, 1.54) is 23.2 Å². The molecular formula is C26H31FN4O3S. The number of nitrogens with one attached hydrogen (secondary N) is 1. The number of carbonyl (C=O) groups excluding carboxylic acids is 1. The first-order chi connectivity index (χ1) is 16.8. The summed E-state index contributed by atoms with van der Waals surface area (Å²) >= 11 is 0. The number of aryl methyl sites for hydroxylation is 1. The summed E-state index contributed by atoms with van der Waals surface area (Å²) in [5.74, 6) is 0.109. The lowest BCUT2D eigenvalue weighted by molar-refractivity contribution is -0.126. The van der Waals surface area contributed by atoms with Crippen LogP contribution in [0.3, 0.4) is 0 Å². The van der Waals surface area contributed by atoms with Gasteiger partial charge in [-0.3, -0.25) is 4.79 Å². The molecule has 0 spiro atoms. The van der Waals surface area contributed by atoms with Gasteiger partial charge in [0.05, 0.1) is 15.9 Å². The van der Waals surface area contributed by atoms with Crippen molar-refractivity contribution in [1.29, 1.82) is 0 Å². The Hall–Kier alpha value is -2.78. The summed E-state index contributed by atoms with van der Waals surface area (Å²) in [5, 5.41) is 2.79. The lowest BCUT2D eigenvalue weighted by atomic mass is 9.97. The molecule has 0 atom stereocenters. The lowest BCUT2D eigenvalue weighted by Gasteiger charge is -2.30. The van der Waals surface area contributed by atoms with Gasteiger partial charge in [0.2, 0.25) is 15.9 Å². The molecular weight excluding hydrogens is 467 g/mol. The maximum atomic E-state index is 13.8. The van der Waals surface area contributed by atoms with Crippen molar-refractivity contribution >= 4 is 27.0 Å². The molecule has 1 aromatic heterocycles. The van der Waals surface area contributed by atoms with Crippen LogP contribution in [0.4, 0.5) is 4.39 Å². The zero-order valence-corrected chi connectivity index (χ0v) is 20.7. The van der Waals surface area contributed by atoms with Gasteiger partial charge in [-0.15, -0.1) is 0 Å². The number of imidazole rings is 1. The Morgan fingerprint density at radius 1 is 1.09 bits per heavy atom. The van der Waals surface area contributed by atoms with E-state index < -0.39 is 10.0 Å². The Bertz CT molecular complexity index is 1340. The molecule has 0 radical (unpaired) electrons. The van der Waals surface area contributed by atoms with Crippen molar-refractivity contribution in [3.63, 3.8) is 0 Å². The van der Waals surface area contributed by atoms with Crippen molar-refractivity contribution in [2.75, 3.05) is 13.1 Å². The van der Waals surface area contributed by atoms with Crippen molar-refractivity contribution in [3.8, 4) is 0 Å². The van der Waals surface area contributed by atoms with Crippen LogP contribution in [0.2, 0.25) is 0 Å². The van der Waals surface area contributed by atoms with E-state index in [4.69, 9.17) is 0 Å². The number of sulfonamides is 1. The highest BCUT2D eigenvalue weighted by molar-refractivity contribution is 7.89. The molecule has 2 aliphatic rings. The average molecular weight is 499 g/mol. The van der Waals surface area contributed by atoms with Crippen LogP contribution in [0.25, 0.3) is 11.0 Å². The van der Waals surface area contributed by atoms with Gasteiger partial charge in [-0.2, -0.15) is 4.31 Å². The quantitative estimate of drug-likeness (QED) is 0.549. The highest BCUT2D eigenvalue weighted by atomic mass is 32.2. The summed E-state index contributed by atoms with van der Waals surface area (Å²) in [6.07, 6.45) is 5.56. The van der Waals surface area contributed by atoms with Gasteiger partial charge >= 0.3 is 0 Å². The maximum Gasteiger partial charge on any atom is 0.243 e. The molecule has 1 aliphatic carbocycles. The van der Waals surface area contributed by atoms with Crippen LogP contribution >= 0.6 is 0 Å². The van der Waals surface area contributed by atoms with Gasteiger partial charge in [-0.05, 0) is 56.9 Å². The minimum atomic E-state index is -3.68. The Morgan fingerprint density at radius 2 is 1.80 bits per heavy atom. The Kier molecular flexibility index (Phi) is 6.63. The van der Waals surface area contributed by atoms with Gasteiger partial charge in [0.15, 0.2) is 0 Å². The smallest absolute Gasteiger partial charge is 0.243 e. The molecule has 7 nitrogen and oxygen atoms in total. The molecule has 3 aromatic rings. The fraction of sp³-hybridized carbons (Fsp3) is 0.462. The molecule has 1 amide bonds. The van der Waals surface area contributed by atoms with E-state index in [0.29, 0.717) is 30.0 Å². The lowest BCUT2D eigenvalue weighted by Crippen LogP contribution is -2.42. The van der Waals surface area contributed by atoms with Crippen molar-refractivity contribution in [1.82, 2.24) is 19.2 Å². The second kappa shape index (κ2) is 9.70. The summed E-state index contributed by atoms with van der Waals surface area (Å²) in [7, 11) is -3.68. The number of hydrogen-bond donors (Lipinski definition) is 1. The molecule has 9 heteroatoms.